The highest BCUT2D eigenvalue weighted by Gasteiger charge is 2.44. The van der Waals surface area contributed by atoms with Crippen LogP contribution in [0.25, 0.3) is 11.0 Å². The summed E-state index contributed by atoms with van der Waals surface area (Å²) >= 11 is 0. The number of para-hydroxylation sites is 2. The van der Waals surface area contributed by atoms with E-state index in [1.165, 1.54) is 51.4 Å². The standard InChI is InChI=1S/C36H55N5O4/c1-6-26-18-24(2)20-29(21-25(3)19-26)40-27-10-9-11-28(40)23-30(22-27)41-33-13-8-7-12-31(33)37-35(36(41)44)32(14-15-34(42)43)38-45-17-16-39(4)5/h7-8,12-13,24-30H,6,9-11,14-23H2,1-5H3,(H,42,43)/b38-32+/t24-,25+,26?,27-,28+,29?,30?. The van der Waals surface area contributed by atoms with Crippen molar-refractivity contribution >= 4 is 22.7 Å². The fourth-order valence-electron chi connectivity index (χ4n) is 8.71. The molecule has 1 aromatic heterocycles. The van der Waals surface area contributed by atoms with Gasteiger partial charge in [0.05, 0.1) is 17.5 Å². The van der Waals surface area contributed by atoms with E-state index in [1.54, 1.807) is 0 Å². The van der Waals surface area contributed by atoms with Gasteiger partial charge in [-0.05, 0) is 95.3 Å². The summed E-state index contributed by atoms with van der Waals surface area (Å²) in [5, 5.41) is 13.8. The number of piperidine rings is 2. The van der Waals surface area contributed by atoms with E-state index < -0.39 is 5.97 Å². The molecule has 1 aromatic carbocycles. The zero-order valence-corrected chi connectivity index (χ0v) is 28.2. The quantitative estimate of drug-likeness (QED) is 0.178. The first-order valence-electron chi connectivity index (χ1n) is 17.5. The number of carboxylic acid groups (broad SMARTS) is 1. The predicted molar refractivity (Wildman–Crippen MR) is 180 cm³/mol. The Morgan fingerprint density at radius 1 is 0.978 bits per heavy atom. The fourth-order valence-corrected chi connectivity index (χ4v) is 8.71. The molecule has 1 aliphatic carbocycles. The summed E-state index contributed by atoms with van der Waals surface area (Å²) in [6.45, 7) is 8.28. The molecule has 9 heteroatoms. The van der Waals surface area contributed by atoms with Crippen molar-refractivity contribution in [2.75, 3.05) is 27.2 Å². The second-order valence-electron chi connectivity index (χ2n) is 14.6. The number of carbonyl (C=O) groups is 1. The van der Waals surface area contributed by atoms with E-state index in [1.807, 2.05) is 47.8 Å². The SMILES string of the molecule is CCC1C[C@@H](C)CC(N2[C@@H]3CCC[C@H]2CC(n2c(=O)c(/C(CCC(=O)O)=N/OCCN(C)C)nc4ccccc42)C3)C[C@@H](C)C1. The van der Waals surface area contributed by atoms with Crippen molar-refractivity contribution in [3.63, 3.8) is 0 Å². The van der Waals surface area contributed by atoms with Gasteiger partial charge in [0.1, 0.15) is 12.3 Å². The molecule has 0 amide bonds. The molecule has 1 saturated carbocycles. The molecule has 1 N–H and O–H groups in total. The Kier molecular flexibility index (Phi) is 11.3. The third-order valence-corrected chi connectivity index (χ3v) is 10.6. The monoisotopic (exact) mass is 621 g/mol. The van der Waals surface area contributed by atoms with E-state index in [2.05, 4.69) is 30.8 Å². The average molecular weight is 622 g/mol. The van der Waals surface area contributed by atoms with E-state index in [0.29, 0.717) is 37.0 Å². The Labute approximate surface area is 269 Å². The van der Waals surface area contributed by atoms with Gasteiger partial charge in [-0.2, -0.15) is 0 Å². The van der Waals surface area contributed by atoms with Crippen molar-refractivity contribution < 1.29 is 14.7 Å². The van der Waals surface area contributed by atoms with Crippen LogP contribution < -0.4 is 5.56 Å². The van der Waals surface area contributed by atoms with Gasteiger partial charge in [-0.25, -0.2) is 4.98 Å². The molecule has 7 atom stereocenters. The molecule has 9 nitrogen and oxygen atoms in total. The van der Waals surface area contributed by atoms with Crippen LogP contribution in [0, 0.1) is 17.8 Å². The number of rotatable bonds is 11. The maximum absolute atomic E-state index is 14.4. The number of nitrogens with zero attached hydrogens (tertiary/aromatic N) is 5. The highest BCUT2D eigenvalue weighted by atomic mass is 16.6. The van der Waals surface area contributed by atoms with E-state index in [4.69, 9.17) is 9.82 Å². The molecule has 2 saturated heterocycles. The van der Waals surface area contributed by atoms with Crippen LogP contribution in [0.3, 0.4) is 0 Å². The molecule has 3 unspecified atom stereocenters. The van der Waals surface area contributed by atoms with E-state index in [0.717, 1.165) is 41.6 Å². The lowest BCUT2D eigenvalue weighted by Gasteiger charge is -2.54. The molecule has 0 radical (unpaired) electrons. The van der Waals surface area contributed by atoms with Crippen LogP contribution >= 0.6 is 0 Å². The Morgan fingerprint density at radius 2 is 1.64 bits per heavy atom. The molecular formula is C36H55N5O4. The van der Waals surface area contributed by atoms with E-state index in [-0.39, 0.29) is 30.1 Å². The molecule has 45 heavy (non-hydrogen) atoms. The molecule has 3 fully saturated rings. The smallest absolute Gasteiger partial charge is 0.303 e. The number of fused-ring (bicyclic) bond motifs is 3. The highest BCUT2D eigenvalue weighted by molar-refractivity contribution is 6.00. The van der Waals surface area contributed by atoms with Crippen LogP contribution in [0.4, 0.5) is 0 Å². The molecule has 2 aliphatic heterocycles. The summed E-state index contributed by atoms with van der Waals surface area (Å²) in [5.41, 5.74) is 1.89. The van der Waals surface area contributed by atoms with Crippen LogP contribution in [-0.4, -0.2) is 81.5 Å². The number of benzene rings is 1. The third-order valence-electron chi connectivity index (χ3n) is 10.6. The molecule has 2 aromatic rings. The summed E-state index contributed by atoms with van der Waals surface area (Å²) < 4.78 is 1.98. The minimum absolute atomic E-state index is 0.0546. The molecule has 5 rings (SSSR count). The van der Waals surface area contributed by atoms with Gasteiger partial charge in [0.15, 0.2) is 5.69 Å². The lowest BCUT2D eigenvalue weighted by atomic mass is 9.74. The Hall–Kier alpha value is -2.78. The van der Waals surface area contributed by atoms with Gasteiger partial charge < -0.3 is 19.4 Å². The van der Waals surface area contributed by atoms with Gasteiger partial charge in [0, 0.05) is 37.1 Å². The van der Waals surface area contributed by atoms with Crippen molar-refractivity contribution in [1.29, 1.82) is 0 Å². The van der Waals surface area contributed by atoms with Gasteiger partial charge in [-0.15, -0.1) is 0 Å². The second-order valence-corrected chi connectivity index (χ2v) is 14.6. The first-order valence-corrected chi connectivity index (χ1v) is 17.5. The van der Waals surface area contributed by atoms with Crippen LogP contribution in [0.5, 0.6) is 0 Å². The highest BCUT2D eigenvalue weighted by Crippen LogP contribution is 2.44. The average Bonchev–Trinajstić information content (AvgIpc) is 2.98. The minimum atomic E-state index is -0.944. The summed E-state index contributed by atoms with van der Waals surface area (Å²) in [6.07, 6.45) is 12.0. The number of oxime groups is 1. The maximum atomic E-state index is 14.4. The number of carboxylic acids is 1. The number of hydrogen-bond acceptors (Lipinski definition) is 7. The summed E-state index contributed by atoms with van der Waals surface area (Å²) in [4.78, 5) is 41.2. The number of likely N-dealkylation sites (N-methyl/N-ethyl adjacent to an activating group) is 1. The van der Waals surface area contributed by atoms with Crippen molar-refractivity contribution in [1.82, 2.24) is 19.4 Å². The molecule has 3 heterocycles. The lowest BCUT2D eigenvalue weighted by molar-refractivity contribution is -0.136. The molecule has 248 valence electrons. The Morgan fingerprint density at radius 3 is 2.27 bits per heavy atom. The van der Waals surface area contributed by atoms with Crippen LogP contribution in [-0.2, 0) is 9.63 Å². The van der Waals surface area contributed by atoms with Gasteiger partial charge in [-0.3, -0.25) is 14.5 Å². The largest absolute Gasteiger partial charge is 0.481 e. The number of aromatic nitrogens is 2. The first-order chi connectivity index (χ1) is 21.6. The normalized spacial score (nSPS) is 29.8. The van der Waals surface area contributed by atoms with Crippen molar-refractivity contribution in [3.8, 4) is 0 Å². The fraction of sp³-hybridized carbons (Fsp3) is 0.722. The molecule has 3 aliphatic rings. The predicted octanol–water partition coefficient (Wildman–Crippen LogP) is 6.34. The summed E-state index contributed by atoms with van der Waals surface area (Å²) in [6, 6.07) is 9.44. The van der Waals surface area contributed by atoms with Gasteiger partial charge in [-0.1, -0.05) is 50.9 Å². The number of hydrogen-bond donors (Lipinski definition) is 1. The molecular weight excluding hydrogens is 566 g/mol. The number of aliphatic carboxylic acids is 1. The van der Waals surface area contributed by atoms with Gasteiger partial charge in [0.25, 0.3) is 5.56 Å². The Balaban J connectivity index is 1.47. The van der Waals surface area contributed by atoms with Crippen LogP contribution in [0.15, 0.2) is 34.2 Å². The second kappa shape index (κ2) is 15.2. The van der Waals surface area contributed by atoms with Gasteiger partial charge >= 0.3 is 5.97 Å². The van der Waals surface area contributed by atoms with Crippen LogP contribution in [0.1, 0.15) is 110 Å². The van der Waals surface area contributed by atoms with Crippen molar-refractivity contribution in [2.24, 2.45) is 22.9 Å². The maximum Gasteiger partial charge on any atom is 0.303 e. The lowest BCUT2D eigenvalue weighted by Crippen LogP contribution is -2.58. The summed E-state index contributed by atoms with van der Waals surface area (Å²) in [5.74, 6) is 1.39. The Bertz CT molecular complexity index is 1360. The zero-order chi connectivity index (χ0) is 32.1. The topological polar surface area (TPSA) is 100 Å². The van der Waals surface area contributed by atoms with Crippen molar-refractivity contribution in [3.05, 3.63) is 40.3 Å². The zero-order valence-electron chi connectivity index (χ0n) is 28.2. The van der Waals surface area contributed by atoms with Gasteiger partial charge in [0.2, 0.25) is 0 Å². The minimum Gasteiger partial charge on any atom is -0.481 e. The van der Waals surface area contributed by atoms with Crippen LogP contribution in [0.2, 0.25) is 0 Å². The van der Waals surface area contributed by atoms with E-state index in [9.17, 15) is 14.7 Å². The molecule has 2 bridgehead atoms. The third kappa shape index (κ3) is 8.15. The molecule has 0 spiro atoms. The van der Waals surface area contributed by atoms with Crippen molar-refractivity contribution in [2.45, 2.75) is 122 Å². The summed E-state index contributed by atoms with van der Waals surface area (Å²) in [7, 11) is 3.89. The van der Waals surface area contributed by atoms with E-state index >= 15 is 0 Å². The first kappa shape index (κ1) is 33.6.